The minimum absolute atomic E-state index is 0.667. The first-order valence-corrected chi connectivity index (χ1v) is 4.84. The van der Waals surface area contributed by atoms with Crippen molar-refractivity contribution in [1.29, 1.82) is 0 Å². The van der Waals surface area contributed by atoms with Crippen LogP contribution in [0.3, 0.4) is 0 Å². The number of aromatic amines is 1. The molecule has 0 fully saturated rings. The van der Waals surface area contributed by atoms with Crippen LogP contribution in [-0.4, -0.2) is 14.5 Å². The van der Waals surface area contributed by atoms with E-state index in [1.54, 1.807) is 18.6 Å². The highest BCUT2D eigenvalue weighted by Crippen LogP contribution is 2.13. The summed E-state index contributed by atoms with van der Waals surface area (Å²) in [4.78, 5) is 6.97. The van der Waals surface area contributed by atoms with Crippen LogP contribution >= 0.6 is 28.1 Å². The molecule has 0 spiro atoms. The summed E-state index contributed by atoms with van der Waals surface area (Å²) >= 11 is 8.43. The number of H-pyrrole nitrogens is 1. The van der Waals surface area contributed by atoms with Gasteiger partial charge in [-0.25, -0.2) is 0 Å². The van der Waals surface area contributed by atoms with Crippen molar-refractivity contribution in [2.45, 2.75) is 0 Å². The second kappa shape index (κ2) is 3.43. The highest BCUT2D eigenvalue weighted by Gasteiger charge is 1.97. The molecule has 0 aliphatic carbocycles. The van der Waals surface area contributed by atoms with Crippen LogP contribution in [0.15, 0.2) is 35.3 Å². The van der Waals surface area contributed by atoms with Crippen LogP contribution in [0, 0.1) is 4.77 Å². The van der Waals surface area contributed by atoms with Gasteiger partial charge in [0, 0.05) is 23.1 Å². The van der Waals surface area contributed by atoms with Crippen LogP contribution in [0.5, 0.6) is 0 Å². The average Bonchev–Trinajstić information content (AvgIpc) is 2.51. The molecule has 0 aromatic carbocycles. The van der Waals surface area contributed by atoms with E-state index in [1.807, 2.05) is 16.8 Å². The van der Waals surface area contributed by atoms with Gasteiger partial charge in [0.2, 0.25) is 0 Å². The largest absolute Gasteiger partial charge is 0.337 e. The molecule has 13 heavy (non-hydrogen) atoms. The minimum atomic E-state index is 0.667. The first-order valence-electron chi connectivity index (χ1n) is 3.64. The summed E-state index contributed by atoms with van der Waals surface area (Å²) in [6.07, 6.45) is 7.16. The third kappa shape index (κ3) is 1.71. The number of hydrogen-bond acceptors (Lipinski definition) is 2. The SMILES string of the molecule is S=c1[nH]ccn1-c1cncc(Br)c1. The van der Waals surface area contributed by atoms with Crippen LogP contribution in [0.2, 0.25) is 0 Å². The number of rotatable bonds is 1. The molecular weight excluding hydrogens is 250 g/mol. The van der Waals surface area contributed by atoms with E-state index in [0.29, 0.717) is 4.77 Å². The van der Waals surface area contributed by atoms with Gasteiger partial charge in [-0.2, -0.15) is 0 Å². The molecule has 3 nitrogen and oxygen atoms in total. The summed E-state index contributed by atoms with van der Waals surface area (Å²) in [5.74, 6) is 0. The standard InChI is InChI=1S/C8H6BrN3S/c9-6-3-7(5-10-4-6)12-2-1-11-8(12)13/h1-5H,(H,11,13). The van der Waals surface area contributed by atoms with E-state index in [2.05, 4.69) is 25.9 Å². The normalized spacial score (nSPS) is 10.2. The summed E-state index contributed by atoms with van der Waals surface area (Å²) in [7, 11) is 0. The van der Waals surface area contributed by atoms with Crippen molar-refractivity contribution < 1.29 is 0 Å². The topological polar surface area (TPSA) is 33.6 Å². The number of hydrogen-bond donors (Lipinski definition) is 1. The molecule has 0 amide bonds. The number of nitrogens with one attached hydrogen (secondary N) is 1. The lowest BCUT2D eigenvalue weighted by molar-refractivity contribution is 1.01. The lowest BCUT2D eigenvalue weighted by Crippen LogP contribution is -1.92. The zero-order valence-electron chi connectivity index (χ0n) is 6.57. The van der Waals surface area contributed by atoms with Crippen LogP contribution in [0.1, 0.15) is 0 Å². The third-order valence-corrected chi connectivity index (χ3v) is 2.37. The first kappa shape index (κ1) is 8.65. The molecule has 5 heteroatoms. The quantitative estimate of drug-likeness (QED) is 0.796. The zero-order valence-corrected chi connectivity index (χ0v) is 8.97. The Hall–Kier alpha value is -0.940. The van der Waals surface area contributed by atoms with E-state index in [-0.39, 0.29) is 0 Å². The van der Waals surface area contributed by atoms with Crippen molar-refractivity contribution in [3.8, 4) is 5.69 Å². The maximum Gasteiger partial charge on any atom is 0.181 e. The molecule has 1 N–H and O–H groups in total. The predicted molar refractivity (Wildman–Crippen MR) is 56.4 cm³/mol. The summed E-state index contributed by atoms with van der Waals surface area (Å²) in [6, 6.07) is 1.96. The van der Waals surface area contributed by atoms with Gasteiger partial charge in [0.1, 0.15) is 0 Å². The summed E-state index contributed by atoms with van der Waals surface area (Å²) in [6.45, 7) is 0. The van der Waals surface area contributed by atoms with Gasteiger partial charge in [0.25, 0.3) is 0 Å². The van der Waals surface area contributed by atoms with Gasteiger partial charge < -0.3 is 4.98 Å². The van der Waals surface area contributed by atoms with Gasteiger partial charge in [0.15, 0.2) is 4.77 Å². The van der Waals surface area contributed by atoms with E-state index in [9.17, 15) is 0 Å². The van der Waals surface area contributed by atoms with E-state index in [1.165, 1.54) is 0 Å². The molecule has 2 heterocycles. The van der Waals surface area contributed by atoms with E-state index in [4.69, 9.17) is 12.2 Å². The van der Waals surface area contributed by atoms with Crippen molar-refractivity contribution in [2.24, 2.45) is 0 Å². The fourth-order valence-corrected chi connectivity index (χ4v) is 1.64. The Kier molecular flexibility index (Phi) is 2.28. The molecule has 0 atom stereocenters. The van der Waals surface area contributed by atoms with Crippen LogP contribution in [0.4, 0.5) is 0 Å². The molecule has 0 saturated heterocycles. The molecular formula is C8H6BrN3S. The Bertz CT molecular complexity index is 474. The minimum Gasteiger partial charge on any atom is -0.337 e. The van der Waals surface area contributed by atoms with Crippen LogP contribution in [-0.2, 0) is 0 Å². The fraction of sp³-hybridized carbons (Fsp3) is 0. The van der Waals surface area contributed by atoms with Crippen molar-refractivity contribution >= 4 is 28.1 Å². The lowest BCUT2D eigenvalue weighted by atomic mass is 10.4. The van der Waals surface area contributed by atoms with Crippen molar-refractivity contribution in [3.63, 3.8) is 0 Å². The van der Waals surface area contributed by atoms with E-state index < -0.39 is 0 Å². The van der Waals surface area contributed by atoms with Gasteiger partial charge in [-0.15, -0.1) is 0 Å². The zero-order chi connectivity index (χ0) is 9.26. The number of halogens is 1. The van der Waals surface area contributed by atoms with Gasteiger partial charge in [0.05, 0.1) is 11.9 Å². The molecule has 0 unspecified atom stereocenters. The first-order chi connectivity index (χ1) is 6.27. The molecule has 0 aliphatic rings. The number of pyridine rings is 1. The second-order valence-corrected chi connectivity index (χ2v) is 3.80. The highest BCUT2D eigenvalue weighted by molar-refractivity contribution is 9.10. The van der Waals surface area contributed by atoms with Gasteiger partial charge in [-0.3, -0.25) is 9.55 Å². The van der Waals surface area contributed by atoms with E-state index >= 15 is 0 Å². The smallest absolute Gasteiger partial charge is 0.181 e. The molecule has 2 aromatic heterocycles. The molecule has 0 saturated carbocycles. The van der Waals surface area contributed by atoms with E-state index in [0.717, 1.165) is 10.2 Å². The Morgan fingerprint density at radius 3 is 2.92 bits per heavy atom. The lowest BCUT2D eigenvalue weighted by Gasteiger charge is -2.00. The molecule has 2 aromatic rings. The Labute approximate surface area is 88.6 Å². The van der Waals surface area contributed by atoms with Crippen LogP contribution < -0.4 is 0 Å². The summed E-state index contributed by atoms with van der Waals surface area (Å²) in [5, 5.41) is 0. The number of aromatic nitrogens is 3. The second-order valence-electron chi connectivity index (χ2n) is 2.50. The van der Waals surface area contributed by atoms with Crippen molar-refractivity contribution in [2.75, 3.05) is 0 Å². The third-order valence-electron chi connectivity index (χ3n) is 1.62. The maximum atomic E-state index is 5.07. The van der Waals surface area contributed by atoms with Crippen molar-refractivity contribution in [1.82, 2.24) is 14.5 Å². The Morgan fingerprint density at radius 2 is 2.31 bits per heavy atom. The fourth-order valence-electron chi connectivity index (χ4n) is 1.06. The van der Waals surface area contributed by atoms with Crippen molar-refractivity contribution in [3.05, 3.63) is 40.1 Å². The molecule has 0 bridgehead atoms. The molecule has 0 aliphatic heterocycles. The van der Waals surface area contributed by atoms with Crippen LogP contribution in [0.25, 0.3) is 5.69 Å². The summed E-state index contributed by atoms with van der Waals surface area (Å²) < 4.78 is 3.46. The average molecular weight is 256 g/mol. The monoisotopic (exact) mass is 255 g/mol. The summed E-state index contributed by atoms with van der Waals surface area (Å²) in [5.41, 5.74) is 0.945. The van der Waals surface area contributed by atoms with Gasteiger partial charge in [-0.1, -0.05) is 0 Å². The molecule has 2 rings (SSSR count). The Morgan fingerprint density at radius 1 is 1.46 bits per heavy atom. The van der Waals surface area contributed by atoms with Gasteiger partial charge in [-0.05, 0) is 34.2 Å². The highest BCUT2D eigenvalue weighted by atomic mass is 79.9. The Balaban J connectivity index is 2.59. The predicted octanol–water partition coefficient (Wildman–Crippen LogP) is 2.69. The molecule has 66 valence electrons. The number of imidazole rings is 1. The van der Waals surface area contributed by atoms with Gasteiger partial charge >= 0.3 is 0 Å². The molecule has 0 radical (unpaired) electrons. The number of nitrogens with zero attached hydrogens (tertiary/aromatic N) is 2. The maximum absolute atomic E-state index is 5.07.